The van der Waals surface area contributed by atoms with Gasteiger partial charge in [0.05, 0.1) is 5.69 Å². The van der Waals surface area contributed by atoms with Crippen LogP contribution < -0.4 is 10.2 Å². The molecule has 1 fully saturated rings. The summed E-state index contributed by atoms with van der Waals surface area (Å²) in [6, 6.07) is 1.91. The summed E-state index contributed by atoms with van der Waals surface area (Å²) >= 11 is 0. The number of oxazole rings is 1. The fraction of sp³-hybridized carbons (Fsp3) is 0.800. The molecule has 1 aliphatic heterocycles. The molecule has 0 bridgehead atoms. The summed E-state index contributed by atoms with van der Waals surface area (Å²) in [4.78, 5) is 9.36. The topological polar surface area (TPSA) is 44.5 Å². The number of hydrogen-bond acceptors (Lipinski definition) is 5. The van der Waals surface area contributed by atoms with E-state index in [0.717, 1.165) is 44.4 Å². The molecule has 0 amide bonds. The lowest BCUT2D eigenvalue weighted by atomic mass is 10.2. The van der Waals surface area contributed by atoms with Gasteiger partial charge in [-0.15, -0.1) is 0 Å². The van der Waals surface area contributed by atoms with Crippen LogP contribution in [-0.4, -0.2) is 48.1 Å². The summed E-state index contributed by atoms with van der Waals surface area (Å²) in [6.07, 6.45) is 2.98. The van der Waals surface area contributed by atoms with E-state index in [4.69, 9.17) is 4.42 Å². The maximum absolute atomic E-state index is 5.61. The van der Waals surface area contributed by atoms with Gasteiger partial charge < -0.3 is 14.6 Å². The molecule has 1 N–H and O–H groups in total. The van der Waals surface area contributed by atoms with Crippen molar-refractivity contribution in [2.45, 2.75) is 52.7 Å². The molecular formula is C15H28N4O. The molecule has 2 heterocycles. The molecule has 1 saturated heterocycles. The molecule has 5 nitrogen and oxygen atoms in total. The predicted octanol–water partition coefficient (Wildman–Crippen LogP) is 2.09. The van der Waals surface area contributed by atoms with Crippen LogP contribution in [0.3, 0.4) is 0 Å². The highest BCUT2D eigenvalue weighted by Gasteiger charge is 2.22. The fourth-order valence-electron chi connectivity index (χ4n) is 2.44. The van der Waals surface area contributed by atoms with Crippen molar-refractivity contribution in [2.24, 2.45) is 0 Å². The number of aromatic nitrogens is 1. The summed E-state index contributed by atoms with van der Waals surface area (Å²) in [7, 11) is 0. The Morgan fingerprint density at radius 3 is 2.55 bits per heavy atom. The molecule has 0 aromatic carbocycles. The van der Waals surface area contributed by atoms with E-state index >= 15 is 0 Å². The summed E-state index contributed by atoms with van der Waals surface area (Å²) < 4.78 is 5.61. The summed E-state index contributed by atoms with van der Waals surface area (Å²) in [5, 5.41) is 3.36. The highest BCUT2D eigenvalue weighted by molar-refractivity contribution is 5.28. The third-order valence-electron chi connectivity index (χ3n) is 4.03. The Balaban J connectivity index is 1.84. The molecular weight excluding hydrogens is 252 g/mol. The minimum absolute atomic E-state index is 0.467. The Morgan fingerprint density at radius 2 is 1.95 bits per heavy atom. The molecule has 5 heteroatoms. The molecule has 1 atom stereocenters. The zero-order valence-electron chi connectivity index (χ0n) is 13.2. The van der Waals surface area contributed by atoms with Gasteiger partial charge in [-0.2, -0.15) is 4.98 Å². The average Bonchev–Trinajstić information content (AvgIpc) is 2.93. The number of nitrogens with zero attached hydrogens (tertiary/aromatic N) is 3. The van der Waals surface area contributed by atoms with Gasteiger partial charge in [0.2, 0.25) is 0 Å². The van der Waals surface area contributed by atoms with Gasteiger partial charge in [0.1, 0.15) is 6.26 Å². The average molecular weight is 280 g/mol. The van der Waals surface area contributed by atoms with Crippen LogP contribution in [0.1, 0.15) is 39.8 Å². The smallest absolute Gasteiger partial charge is 0.297 e. The SMILES string of the molecule is CCC(C)N1CCN(c2nc(CNC(C)C)co2)CC1. The molecule has 1 aromatic heterocycles. The second-order valence-electron chi connectivity index (χ2n) is 5.94. The third-order valence-corrected chi connectivity index (χ3v) is 4.03. The molecule has 0 radical (unpaired) electrons. The lowest BCUT2D eigenvalue weighted by Gasteiger charge is -2.37. The first-order valence-corrected chi connectivity index (χ1v) is 7.77. The van der Waals surface area contributed by atoms with Crippen LogP contribution in [0.25, 0.3) is 0 Å². The van der Waals surface area contributed by atoms with Gasteiger partial charge in [-0.3, -0.25) is 4.90 Å². The van der Waals surface area contributed by atoms with Crippen LogP contribution >= 0.6 is 0 Å². The molecule has 114 valence electrons. The van der Waals surface area contributed by atoms with Crippen molar-refractivity contribution >= 4 is 6.01 Å². The van der Waals surface area contributed by atoms with Gasteiger partial charge in [-0.05, 0) is 13.3 Å². The zero-order chi connectivity index (χ0) is 14.5. The Bertz CT molecular complexity index is 396. The molecule has 0 spiro atoms. The van der Waals surface area contributed by atoms with Crippen LogP contribution in [0.4, 0.5) is 6.01 Å². The van der Waals surface area contributed by atoms with E-state index in [1.54, 1.807) is 6.26 Å². The number of anilines is 1. The van der Waals surface area contributed by atoms with Gasteiger partial charge in [0.25, 0.3) is 6.01 Å². The Kier molecular flexibility index (Phi) is 5.43. The maximum Gasteiger partial charge on any atom is 0.297 e. The Hall–Kier alpha value is -1.07. The second-order valence-corrected chi connectivity index (χ2v) is 5.94. The van der Waals surface area contributed by atoms with Gasteiger partial charge in [-0.25, -0.2) is 0 Å². The maximum atomic E-state index is 5.61. The van der Waals surface area contributed by atoms with E-state index in [9.17, 15) is 0 Å². The zero-order valence-corrected chi connectivity index (χ0v) is 13.2. The van der Waals surface area contributed by atoms with Crippen LogP contribution in [0.2, 0.25) is 0 Å². The van der Waals surface area contributed by atoms with Crippen molar-refractivity contribution in [3.63, 3.8) is 0 Å². The van der Waals surface area contributed by atoms with Gasteiger partial charge >= 0.3 is 0 Å². The lowest BCUT2D eigenvalue weighted by Crippen LogP contribution is -2.49. The van der Waals surface area contributed by atoms with E-state index in [1.165, 1.54) is 6.42 Å². The normalized spacial score (nSPS) is 18.8. The van der Waals surface area contributed by atoms with Crippen molar-refractivity contribution < 1.29 is 4.42 Å². The Labute approximate surface area is 122 Å². The molecule has 20 heavy (non-hydrogen) atoms. The van der Waals surface area contributed by atoms with Crippen molar-refractivity contribution in [2.75, 3.05) is 31.1 Å². The fourth-order valence-corrected chi connectivity index (χ4v) is 2.44. The van der Waals surface area contributed by atoms with Gasteiger partial charge in [0, 0.05) is 44.8 Å². The van der Waals surface area contributed by atoms with Crippen molar-refractivity contribution in [3.8, 4) is 0 Å². The van der Waals surface area contributed by atoms with Gasteiger partial charge in [0.15, 0.2) is 0 Å². The van der Waals surface area contributed by atoms with Crippen LogP contribution in [0.5, 0.6) is 0 Å². The molecule has 1 unspecified atom stereocenters. The first-order chi connectivity index (χ1) is 9.60. The number of piperazine rings is 1. The third kappa shape index (κ3) is 3.96. The van der Waals surface area contributed by atoms with Crippen molar-refractivity contribution in [3.05, 3.63) is 12.0 Å². The lowest BCUT2D eigenvalue weighted by molar-refractivity contribution is 0.190. The molecule has 0 aliphatic carbocycles. The van der Waals surface area contributed by atoms with Crippen molar-refractivity contribution in [1.29, 1.82) is 0 Å². The minimum atomic E-state index is 0.467. The number of nitrogens with one attached hydrogen (secondary N) is 1. The first kappa shape index (κ1) is 15.3. The van der Waals surface area contributed by atoms with E-state index in [-0.39, 0.29) is 0 Å². The summed E-state index contributed by atoms with van der Waals surface area (Å²) in [6.45, 7) is 13.8. The highest BCUT2D eigenvalue weighted by Crippen LogP contribution is 2.17. The molecule has 2 rings (SSSR count). The number of hydrogen-bond donors (Lipinski definition) is 1. The Morgan fingerprint density at radius 1 is 1.25 bits per heavy atom. The van der Waals surface area contributed by atoms with E-state index in [1.807, 2.05) is 0 Å². The largest absolute Gasteiger partial charge is 0.432 e. The molecule has 1 aliphatic rings. The monoisotopic (exact) mass is 280 g/mol. The van der Waals surface area contributed by atoms with E-state index in [2.05, 4.69) is 47.8 Å². The molecule has 0 saturated carbocycles. The van der Waals surface area contributed by atoms with Crippen molar-refractivity contribution in [1.82, 2.24) is 15.2 Å². The van der Waals surface area contributed by atoms with Crippen LogP contribution in [0, 0.1) is 0 Å². The summed E-state index contributed by atoms with van der Waals surface area (Å²) in [5.74, 6) is 0. The minimum Gasteiger partial charge on any atom is -0.432 e. The first-order valence-electron chi connectivity index (χ1n) is 7.77. The molecule has 1 aromatic rings. The number of rotatable bonds is 6. The standard InChI is InChI=1S/C15H28N4O/c1-5-13(4)18-6-8-19(9-7-18)15-17-14(11-20-15)10-16-12(2)3/h11-13,16H,5-10H2,1-4H3. The highest BCUT2D eigenvalue weighted by atomic mass is 16.4. The predicted molar refractivity (Wildman–Crippen MR) is 82.0 cm³/mol. The second kappa shape index (κ2) is 7.09. The van der Waals surface area contributed by atoms with Crippen LogP contribution in [-0.2, 0) is 6.54 Å². The van der Waals surface area contributed by atoms with E-state index < -0.39 is 0 Å². The van der Waals surface area contributed by atoms with Gasteiger partial charge in [-0.1, -0.05) is 20.8 Å². The van der Waals surface area contributed by atoms with E-state index in [0.29, 0.717) is 12.1 Å². The summed E-state index contributed by atoms with van der Waals surface area (Å²) in [5.41, 5.74) is 0.984. The quantitative estimate of drug-likeness (QED) is 0.864. The van der Waals surface area contributed by atoms with Crippen LogP contribution in [0.15, 0.2) is 10.7 Å².